The number of rotatable bonds is 9. The van der Waals surface area contributed by atoms with Crippen molar-refractivity contribution in [3.8, 4) is 0 Å². The van der Waals surface area contributed by atoms with Crippen LogP contribution in [0.15, 0.2) is 0 Å². The third kappa shape index (κ3) is 5.35. The minimum atomic E-state index is -3.44. The second-order valence-corrected chi connectivity index (χ2v) is 7.31. The average molecular weight is 278 g/mol. The summed E-state index contributed by atoms with van der Waals surface area (Å²) in [7, 11) is -3.44. The van der Waals surface area contributed by atoms with E-state index < -0.39 is 26.2 Å². The molecule has 108 valence electrons. The lowest BCUT2D eigenvalue weighted by Gasteiger charge is -2.18. The number of carbonyl (C=O) groups excluding carboxylic acids is 1. The summed E-state index contributed by atoms with van der Waals surface area (Å²) in [4.78, 5) is 11.7. The summed E-state index contributed by atoms with van der Waals surface area (Å²) in [5, 5.41) is 1.10. The monoisotopic (exact) mass is 278 g/mol. The Balaban J connectivity index is 4.35. The van der Waals surface area contributed by atoms with Crippen molar-refractivity contribution in [1.29, 1.82) is 0 Å². The first kappa shape index (κ1) is 17.4. The molecule has 6 heteroatoms. The van der Waals surface area contributed by atoms with E-state index in [1.54, 1.807) is 6.92 Å². The predicted octanol–water partition coefficient (Wildman–Crippen LogP) is 0.833. The first-order chi connectivity index (χ1) is 8.37. The van der Waals surface area contributed by atoms with Gasteiger partial charge in [-0.1, -0.05) is 19.8 Å². The molecule has 0 saturated carbocycles. The summed E-state index contributed by atoms with van der Waals surface area (Å²) in [6.07, 6.45) is 3.37. The van der Waals surface area contributed by atoms with Gasteiger partial charge in [-0.05, 0) is 33.2 Å². The van der Waals surface area contributed by atoms with Crippen LogP contribution in [0.5, 0.6) is 0 Å². The normalized spacial score (nSPS) is 15.1. The third-order valence-corrected chi connectivity index (χ3v) is 5.63. The van der Waals surface area contributed by atoms with Crippen LogP contribution >= 0.6 is 0 Å². The molecular formula is C12H26N2O3S. The quantitative estimate of drug-likeness (QED) is 0.611. The van der Waals surface area contributed by atoms with Crippen molar-refractivity contribution in [3.05, 3.63) is 0 Å². The lowest BCUT2D eigenvalue weighted by molar-refractivity contribution is -0.120. The molecule has 0 aromatic heterocycles. The topological polar surface area (TPSA) is 89.3 Å². The van der Waals surface area contributed by atoms with Crippen LogP contribution in [0.3, 0.4) is 0 Å². The van der Waals surface area contributed by atoms with Crippen molar-refractivity contribution in [2.24, 2.45) is 5.73 Å². The van der Waals surface area contributed by atoms with Gasteiger partial charge < -0.3 is 11.1 Å². The molecule has 1 amide bonds. The van der Waals surface area contributed by atoms with E-state index in [1.165, 1.54) is 6.92 Å². The van der Waals surface area contributed by atoms with Crippen molar-refractivity contribution < 1.29 is 13.2 Å². The van der Waals surface area contributed by atoms with Gasteiger partial charge in [-0.2, -0.15) is 0 Å². The lowest BCUT2D eigenvalue weighted by atomic mass is 10.2. The molecule has 0 fully saturated rings. The first-order valence-electron chi connectivity index (χ1n) is 6.58. The van der Waals surface area contributed by atoms with Crippen molar-refractivity contribution in [3.63, 3.8) is 0 Å². The summed E-state index contributed by atoms with van der Waals surface area (Å²) in [5.41, 5.74) is 5.35. The molecule has 0 aromatic rings. The molecule has 5 nitrogen and oxygen atoms in total. The van der Waals surface area contributed by atoms with E-state index in [0.717, 1.165) is 19.3 Å². The van der Waals surface area contributed by atoms with E-state index in [-0.39, 0.29) is 0 Å². The van der Waals surface area contributed by atoms with E-state index >= 15 is 0 Å². The smallest absolute Gasteiger partial charge is 0.238 e. The van der Waals surface area contributed by atoms with Crippen molar-refractivity contribution in [2.45, 2.75) is 57.0 Å². The number of amides is 1. The fraction of sp³-hybridized carbons (Fsp3) is 0.917. The van der Waals surface area contributed by atoms with Crippen LogP contribution in [0.1, 0.15) is 46.5 Å². The zero-order valence-corrected chi connectivity index (χ0v) is 12.4. The molecule has 0 rings (SSSR count). The van der Waals surface area contributed by atoms with Gasteiger partial charge in [0, 0.05) is 6.54 Å². The Morgan fingerprint density at radius 2 is 1.89 bits per heavy atom. The van der Waals surface area contributed by atoms with E-state index in [0.29, 0.717) is 19.5 Å². The number of hydrogen-bond donors (Lipinski definition) is 2. The third-order valence-electron chi connectivity index (χ3n) is 3.08. The minimum Gasteiger partial charge on any atom is -0.355 e. The first-order valence-corrected chi connectivity index (χ1v) is 8.19. The summed E-state index contributed by atoms with van der Waals surface area (Å²) in [5.74, 6) is -0.407. The minimum absolute atomic E-state index is 0.311. The zero-order chi connectivity index (χ0) is 14.2. The molecule has 0 spiro atoms. The van der Waals surface area contributed by atoms with E-state index in [1.807, 2.05) is 0 Å². The Morgan fingerprint density at radius 1 is 1.28 bits per heavy atom. The van der Waals surface area contributed by atoms with Crippen molar-refractivity contribution in [1.82, 2.24) is 5.32 Å². The van der Waals surface area contributed by atoms with Crippen LogP contribution < -0.4 is 11.1 Å². The van der Waals surface area contributed by atoms with Gasteiger partial charge in [0.25, 0.3) is 0 Å². The molecule has 0 aliphatic heterocycles. The maximum absolute atomic E-state index is 12.0. The Morgan fingerprint density at radius 3 is 2.39 bits per heavy atom. The lowest BCUT2D eigenvalue weighted by Crippen LogP contribution is -2.42. The Hall–Kier alpha value is -0.620. The van der Waals surface area contributed by atoms with E-state index in [9.17, 15) is 13.2 Å². The number of sulfone groups is 1. The molecule has 2 atom stereocenters. The molecule has 2 unspecified atom stereocenters. The highest BCUT2D eigenvalue weighted by Gasteiger charge is 2.32. The van der Waals surface area contributed by atoms with Crippen LogP contribution in [-0.2, 0) is 14.6 Å². The van der Waals surface area contributed by atoms with Gasteiger partial charge in [-0.25, -0.2) is 8.42 Å². The van der Waals surface area contributed by atoms with Crippen LogP contribution in [0.25, 0.3) is 0 Å². The van der Waals surface area contributed by atoms with Gasteiger partial charge in [0.15, 0.2) is 9.84 Å². The van der Waals surface area contributed by atoms with Gasteiger partial charge >= 0.3 is 0 Å². The summed E-state index contributed by atoms with van der Waals surface area (Å²) >= 11 is 0. The summed E-state index contributed by atoms with van der Waals surface area (Å²) < 4.78 is 24.1. The number of nitrogens with two attached hydrogens (primary N) is 1. The number of nitrogens with one attached hydrogen (secondary N) is 1. The molecule has 0 heterocycles. The second kappa shape index (κ2) is 8.48. The Labute approximate surface area is 110 Å². The van der Waals surface area contributed by atoms with Crippen LogP contribution in [0, 0.1) is 0 Å². The van der Waals surface area contributed by atoms with Crippen LogP contribution in [0.2, 0.25) is 0 Å². The van der Waals surface area contributed by atoms with Crippen LogP contribution in [-0.4, -0.2) is 37.9 Å². The Kier molecular flexibility index (Phi) is 8.18. The number of unbranched alkanes of at least 4 members (excludes halogenated alkanes) is 2. The molecule has 0 aliphatic rings. The van der Waals surface area contributed by atoms with Crippen molar-refractivity contribution in [2.75, 3.05) is 13.1 Å². The average Bonchev–Trinajstić information content (AvgIpc) is 2.33. The maximum atomic E-state index is 12.0. The van der Waals surface area contributed by atoms with Gasteiger partial charge in [0.05, 0.1) is 5.25 Å². The van der Waals surface area contributed by atoms with Gasteiger partial charge in [-0.15, -0.1) is 0 Å². The molecule has 18 heavy (non-hydrogen) atoms. The number of hydrogen-bond acceptors (Lipinski definition) is 4. The predicted molar refractivity (Wildman–Crippen MR) is 74.0 cm³/mol. The second-order valence-electron chi connectivity index (χ2n) is 4.62. The highest BCUT2D eigenvalue weighted by Crippen LogP contribution is 2.12. The number of carbonyl (C=O) groups is 1. The highest BCUT2D eigenvalue weighted by molar-refractivity contribution is 7.93. The zero-order valence-electron chi connectivity index (χ0n) is 11.6. The standard InChI is InChI=1S/C12H26N2O3S/c1-4-5-6-9-14-12(15)11(3)18(16,17)10(2)7-8-13/h10-11H,4-9,13H2,1-3H3,(H,14,15). The molecule has 0 aromatic carbocycles. The molecular weight excluding hydrogens is 252 g/mol. The summed E-state index contributed by atoms with van der Waals surface area (Å²) in [6.45, 7) is 5.97. The van der Waals surface area contributed by atoms with Gasteiger partial charge in [0.2, 0.25) is 5.91 Å². The fourth-order valence-electron chi connectivity index (χ4n) is 1.63. The largest absolute Gasteiger partial charge is 0.355 e. The van der Waals surface area contributed by atoms with Gasteiger partial charge in [-0.3, -0.25) is 4.79 Å². The highest BCUT2D eigenvalue weighted by atomic mass is 32.2. The molecule has 3 N–H and O–H groups in total. The molecule has 0 saturated heterocycles. The molecule has 0 radical (unpaired) electrons. The Bertz CT molecular complexity index is 341. The van der Waals surface area contributed by atoms with E-state index in [2.05, 4.69) is 12.2 Å². The molecule has 0 aliphatic carbocycles. The molecule has 0 bridgehead atoms. The van der Waals surface area contributed by atoms with Crippen LogP contribution in [0.4, 0.5) is 0 Å². The van der Waals surface area contributed by atoms with Crippen molar-refractivity contribution >= 4 is 15.7 Å². The van der Waals surface area contributed by atoms with Gasteiger partial charge in [0.1, 0.15) is 5.25 Å². The van der Waals surface area contributed by atoms with E-state index in [4.69, 9.17) is 5.73 Å². The maximum Gasteiger partial charge on any atom is 0.238 e. The summed E-state index contributed by atoms with van der Waals surface area (Å²) in [6, 6.07) is 0. The fourth-order valence-corrected chi connectivity index (χ4v) is 3.17. The SMILES string of the molecule is CCCCCNC(=O)C(C)S(=O)(=O)C(C)CCN.